The monoisotopic (exact) mass is 421 g/mol. The Morgan fingerprint density at radius 2 is 1.81 bits per heavy atom. The highest BCUT2D eigenvalue weighted by molar-refractivity contribution is 5.95. The average Bonchev–Trinajstić information content (AvgIpc) is 2.80. The molecule has 0 saturated heterocycles. The molecular weight excluding hydrogens is 390 g/mol. The van der Waals surface area contributed by atoms with Crippen molar-refractivity contribution in [3.63, 3.8) is 0 Å². The number of carbonyl (C=O) groups excluding carboxylic acids is 2. The molecule has 2 amide bonds. The lowest BCUT2D eigenvalue weighted by Crippen LogP contribution is -2.33. The number of nitriles is 1. The van der Waals surface area contributed by atoms with Gasteiger partial charge in [-0.2, -0.15) is 5.26 Å². The molecule has 0 fully saturated rings. The van der Waals surface area contributed by atoms with Gasteiger partial charge in [-0.15, -0.1) is 0 Å². The number of anilines is 1. The van der Waals surface area contributed by atoms with Crippen LogP contribution in [-0.2, 0) is 16.0 Å². The standard InChI is InChI=1S/C25H31N3O3/c1-2-3-20-31-23-12-10-21(11-13-23)16-18-27-24(29)14-15-25(30)28(19-7-17-26)22-8-5-4-6-9-22/h4-6,8-13H,2-3,7,14-16,18-20H2,1H3,(H,27,29). The van der Waals surface area contributed by atoms with Gasteiger partial charge >= 0.3 is 0 Å². The molecule has 0 heterocycles. The molecule has 0 atom stereocenters. The molecule has 31 heavy (non-hydrogen) atoms. The van der Waals surface area contributed by atoms with Crippen molar-refractivity contribution in [1.29, 1.82) is 5.26 Å². The van der Waals surface area contributed by atoms with Gasteiger partial charge in [0.25, 0.3) is 0 Å². The van der Waals surface area contributed by atoms with Gasteiger partial charge in [0.2, 0.25) is 11.8 Å². The molecule has 0 aliphatic carbocycles. The van der Waals surface area contributed by atoms with Crippen molar-refractivity contribution in [2.75, 3.05) is 24.6 Å². The van der Waals surface area contributed by atoms with Crippen LogP contribution in [-0.4, -0.2) is 31.5 Å². The molecule has 2 aromatic rings. The number of unbranched alkanes of at least 4 members (excludes halogenated alkanes) is 1. The molecule has 2 rings (SSSR count). The second kappa shape index (κ2) is 13.8. The van der Waals surface area contributed by atoms with Crippen LogP contribution < -0.4 is 15.0 Å². The lowest BCUT2D eigenvalue weighted by Gasteiger charge is -2.21. The normalized spacial score (nSPS) is 10.2. The van der Waals surface area contributed by atoms with Crippen LogP contribution in [0.3, 0.4) is 0 Å². The Morgan fingerprint density at radius 1 is 1.06 bits per heavy atom. The first-order valence-corrected chi connectivity index (χ1v) is 10.8. The summed E-state index contributed by atoms with van der Waals surface area (Å²) in [5, 5.41) is 11.7. The molecule has 0 radical (unpaired) electrons. The second-order valence-corrected chi connectivity index (χ2v) is 7.23. The van der Waals surface area contributed by atoms with E-state index in [0.717, 1.165) is 36.4 Å². The summed E-state index contributed by atoms with van der Waals surface area (Å²) < 4.78 is 5.65. The van der Waals surface area contributed by atoms with Gasteiger partial charge in [-0.05, 0) is 42.7 Å². The molecule has 0 aromatic heterocycles. The maximum Gasteiger partial charge on any atom is 0.227 e. The van der Waals surface area contributed by atoms with E-state index in [0.29, 0.717) is 19.5 Å². The van der Waals surface area contributed by atoms with Crippen molar-refractivity contribution in [3.05, 3.63) is 60.2 Å². The number of nitrogens with zero attached hydrogens (tertiary/aromatic N) is 2. The van der Waals surface area contributed by atoms with Gasteiger partial charge in [0.15, 0.2) is 0 Å². The first kappa shape index (κ1) is 23.9. The van der Waals surface area contributed by atoms with Crippen LogP contribution in [0.1, 0.15) is 44.6 Å². The fraction of sp³-hybridized carbons (Fsp3) is 0.400. The van der Waals surface area contributed by atoms with E-state index >= 15 is 0 Å². The Balaban J connectivity index is 1.73. The minimum Gasteiger partial charge on any atom is -0.494 e. The fourth-order valence-electron chi connectivity index (χ4n) is 3.04. The van der Waals surface area contributed by atoms with Crippen molar-refractivity contribution in [1.82, 2.24) is 5.32 Å². The molecular formula is C25H31N3O3. The summed E-state index contributed by atoms with van der Waals surface area (Å²) in [6.07, 6.45) is 3.34. The van der Waals surface area contributed by atoms with Crippen LogP contribution >= 0.6 is 0 Å². The molecule has 1 N–H and O–H groups in total. The predicted octanol–water partition coefficient (Wildman–Crippen LogP) is 4.25. The van der Waals surface area contributed by atoms with Gasteiger partial charge in [0.1, 0.15) is 5.75 Å². The third-order valence-corrected chi connectivity index (χ3v) is 4.81. The lowest BCUT2D eigenvalue weighted by molar-refractivity contribution is -0.125. The van der Waals surface area contributed by atoms with E-state index in [1.807, 2.05) is 54.6 Å². The Kier molecular flexibility index (Phi) is 10.7. The molecule has 0 saturated carbocycles. The van der Waals surface area contributed by atoms with Crippen molar-refractivity contribution in [3.8, 4) is 11.8 Å². The number of para-hydroxylation sites is 1. The number of hydrogen-bond acceptors (Lipinski definition) is 4. The van der Waals surface area contributed by atoms with Crippen molar-refractivity contribution in [2.24, 2.45) is 0 Å². The van der Waals surface area contributed by atoms with Gasteiger partial charge < -0.3 is 15.0 Å². The quantitative estimate of drug-likeness (QED) is 0.490. The molecule has 0 aliphatic rings. The van der Waals surface area contributed by atoms with Crippen LogP contribution in [0.2, 0.25) is 0 Å². The Bertz CT molecular complexity index is 845. The molecule has 0 spiro atoms. The van der Waals surface area contributed by atoms with Gasteiger partial charge in [-0.3, -0.25) is 9.59 Å². The number of carbonyl (C=O) groups is 2. The van der Waals surface area contributed by atoms with Crippen molar-refractivity contribution < 1.29 is 14.3 Å². The zero-order chi connectivity index (χ0) is 22.3. The van der Waals surface area contributed by atoms with E-state index in [1.165, 1.54) is 0 Å². The third-order valence-electron chi connectivity index (χ3n) is 4.81. The van der Waals surface area contributed by atoms with E-state index < -0.39 is 0 Å². The highest BCUT2D eigenvalue weighted by Crippen LogP contribution is 2.16. The highest BCUT2D eigenvalue weighted by Gasteiger charge is 2.16. The van der Waals surface area contributed by atoms with Gasteiger partial charge in [-0.1, -0.05) is 43.7 Å². The van der Waals surface area contributed by atoms with E-state index in [9.17, 15) is 9.59 Å². The minimum atomic E-state index is -0.157. The topological polar surface area (TPSA) is 82.4 Å². The first-order valence-electron chi connectivity index (χ1n) is 10.8. The van der Waals surface area contributed by atoms with E-state index in [2.05, 4.69) is 18.3 Å². The van der Waals surface area contributed by atoms with Crippen molar-refractivity contribution in [2.45, 2.75) is 45.4 Å². The Morgan fingerprint density at radius 3 is 2.48 bits per heavy atom. The molecule has 2 aromatic carbocycles. The van der Waals surface area contributed by atoms with Gasteiger partial charge in [0, 0.05) is 31.6 Å². The summed E-state index contributed by atoms with van der Waals surface area (Å²) >= 11 is 0. The predicted molar refractivity (Wildman–Crippen MR) is 122 cm³/mol. The van der Waals surface area contributed by atoms with Crippen LogP contribution in [0.5, 0.6) is 5.75 Å². The smallest absolute Gasteiger partial charge is 0.227 e. The lowest BCUT2D eigenvalue weighted by atomic mass is 10.1. The Labute approximate surface area is 184 Å². The van der Waals surface area contributed by atoms with Crippen molar-refractivity contribution >= 4 is 17.5 Å². The molecule has 164 valence electrons. The first-order chi connectivity index (χ1) is 15.1. The summed E-state index contributed by atoms with van der Waals surface area (Å²) in [6.45, 7) is 3.69. The summed E-state index contributed by atoms with van der Waals surface area (Å²) in [7, 11) is 0. The molecule has 0 unspecified atom stereocenters. The summed E-state index contributed by atoms with van der Waals surface area (Å²) in [5.41, 5.74) is 1.86. The maximum atomic E-state index is 12.6. The molecule has 6 heteroatoms. The minimum absolute atomic E-state index is 0.107. The SMILES string of the molecule is CCCCOc1ccc(CCNC(=O)CCC(=O)N(CCC#N)c2ccccc2)cc1. The summed E-state index contributed by atoms with van der Waals surface area (Å²) in [4.78, 5) is 26.3. The number of hydrogen-bond donors (Lipinski definition) is 1. The highest BCUT2D eigenvalue weighted by atomic mass is 16.5. The van der Waals surface area contributed by atoms with Crippen LogP contribution in [0, 0.1) is 11.3 Å². The Hall–Kier alpha value is -3.33. The zero-order valence-corrected chi connectivity index (χ0v) is 18.2. The number of amides is 2. The van der Waals surface area contributed by atoms with Crippen LogP contribution in [0.25, 0.3) is 0 Å². The molecule has 6 nitrogen and oxygen atoms in total. The number of rotatable bonds is 13. The van der Waals surface area contributed by atoms with Crippen LogP contribution in [0.4, 0.5) is 5.69 Å². The fourth-order valence-corrected chi connectivity index (χ4v) is 3.04. The molecule has 0 bridgehead atoms. The number of benzene rings is 2. The van der Waals surface area contributed by atoms with E-state index in [4.69, 9.17) is 10.00 Å². The van der Waals surface area contributed by atoms with Crippen LogP contribution in [0.15, 0.2) is 54.6 Å². The van der Waals surface area contributed by atoms with E-state index in [-0.39, 0.29) is 31.1 Å². The average molecular weight is 422 g/mol. The number of ether oxygens (including phenoxy) is 1. The third kappa shape index (κ3) is 8.91. The summed E-state index contributed by atoms with van der Waals surface area (Å²) in [6, 6.07) is 19.2. The largest absolute Gasteiger partial charge is 0.494 e. The zero-order valence-electron chi connectivity index (χ0n) is 18.2. The molecule has 0 aliphatic heterocycles. The van der Waals surface area contributed by atoms with Gasteiger partial charge in [-0.25, -0.2) is 0 Å². The number of nitrogens with one attached hydrogen (secondary N) is 1. The van der Waals surface area contributed by atoms with E-state index in [1.54, 1.807) is 4.90 Å². The summed E-state index contributed by atoms with van der Waals surface area (Å²) in [5.74, 6) is 0.551. The van der Waals surface area contributed by atoms with Gasteiger partial charge in [0.05, 0.1) is 19.1 Å². The maximum absolute atomic E-state index is 12.6. The second-order valence-electron chi connectivity index (χ2n) is 7.23.